The van der Waals surface area contributed by atoms with E-state index in [1.165, 1.54) is 0 Å². The minimum atomic E-state index is -0.574. The molecular formula is C13H21N3O3. The van der Waals surface area contributed by atoms with Crippen molar-refractivity contribution in [3.8, 4) is 0 Å². The molecule has 0 unspecified atom stereocenters. The van der Waals surface area contributed by atoms with Crippen LogP contribution in [0.15, 0.2) is 6.07 Å². The summed E-state index contributed by atoms with van der Waals surface area (Å²) >= 11 is 0. The van der Waals surface area contributed by atoms with Crippen molar-refractivity contribution in [1.82, 2.24) is 15.1 Å². The molecule has 1 aromatic rings. The molecule has 0 aliphatic carbocycles. The number of carbonyl (C=O) groups excluding carboxylic acids is 2. The number of rotatable bonds is 4. The smallest absolute Gasteiger partial charge is 0.408 e. The number of ether oxygens (including phenoxy) is 1. The van der Waals surface area contributed by atoms with Gasteiger partial charge in [-0.15, -0.1) is 0 Å². The molecule has 19 heavy (non-hydrogen) atoms. The Balaban J connectivity index is 2.78. The molecule has 1 N–H and O–H groups in total. The van der Waals surface area contributed by atoms with Gasteiger partial charge < -0.3 is 14.8 Å². The lowest BCUT2D eigenvalue weighted by Gasteiger charge is -2.22. The summed E-state index contributed by atoms with van der Waals surface area (Å²) in [6.45, 7) is 7.26. The van der Waals surface area contributed by atoms with Crippen LogP contribution in [0.5, 0.6) is 0 Å². The summed E-state index contributed by atoms with van der Waals surface area (Å²) in [6.07, 6.45) is 0.365. The standard InChI is InChI=1S/C13H21N3O3/c1-9-8-11(15-16(9)5)10(6-7-17)14-12(18)19-13(2,3)4/h7-8,10H,6H2,1-5H3,(H,14,18)/t10-/m0/s1. The summed E-state index contributed by atoms with van der Waals surface area (Å²) in [7, 11) is 1.81. The van der Waals surface area contributed by atoms with E-state index < -0.39 is 17.7 Å². The van der Waals surface area contributed by atoms with Crippen molar-refractivity contribution in [3.05, 3.63) is 17.5 Å². The lowest BCUT2D eigenvalue weighted by atomic mass is 10.1. The Labute approximate surface area is 113 Å². The van der Waals surface area contributed by atoms with E-state index in [1.54, 1.807) is 25.5 Å². The fourth-order valence-electron chi connectivity index (χ4n) is 1.56. The number of aromatic nitrogens is 2. The highest BCUT2D eigenvalue weighted by Gasteiger charge is 2.22. The molecule has 0 aromatic carbocycles. The number of hydrogen-bond acceptors (Lipinski definition) is 4. The monoisotopic (exact) mass is 267 g/mol. The van der Waals surface area contributed by atoms with E-state index in [4.69, 9.17) is 4.74 Å². The number of alkyl carbamates (subject to hydrolysis) is 1. The van der Waals surface area contributed by atoms with Crippen LogP contribution >= 0.6 is 0 Å². The summed E-state index contributed by atoms with van der Waals surface area (Å²) in [5, 5.41) is 6.93. The average Bonchev–Trinajstić information content (AvgIpc) is 2.56. The van der Waals surface area contributed by atoms with Gasteiger partial charge in [-0.1, -0.05) is 0 Å². The van der Waals surface area contributed by atoms with Crippen LogP contribution in [0.3, 0.4) is 0 Å². The number of amides is 1. The maximum Gasteiger partial charge on any atom is 0.408 e. The molecule has 0 aliphatic rings. The number of nitrogens with zero attached hydrogens (tertiary/aromatic N) is 2. The zero-order valence-corrected chi connectivity index (χ0v) is 12.1. The van der Waals surface area contributed by atoms with Gasteiger partial charge >= 0.3 is 6.09 Å². The highest BCUT2D eigenvalue weighted by molar-refractivity contribution is 5.69. The van der Waals surface area contributed by atoms with E-state index in [2.05, 4.69) is 10.4 Å². The predicted molar refractivity (Wildman–Crippen MR) is 70.7 cm³/mol. The first-order valence-electron chi connectivity index (χ1n) is 6.16. The fourth-order valence-corrected chi connectivity index (χ4v) is 1.56. The van der Waals surface area contributed by atoms with Crippen molar-refractivity contribution in [2.45, 2.75) is 45.8 Å². The van der Waals surface area contributed by atoms with Crippen LogP contribution < -0.4 is 5.32 Å². The molecule has 1 atom stereocenters. The number of nitrogens with one attached hydrogen (secondary N) is 1. The van der Waals surface area contributed by atoms with E-state index >= 15 is 0 Å². The van der Waals surface area contributed by atoms with Crippen molar-refractivity contribution in [1.29, 1.82) is 0 Å². The SMILES string of the molecule is Cc1cc([C@H](CC=O)NC(=O)OC(C)(C)C)nn1C. The molecule has 1 amide bonds. The first-order chi connectivity index (χ1) is 8.73. The van der Waals surface area contributed by atoms with Gasteiger partial charge in [-0.2, -0.15) is 5.10 Å². The molecule has 6 heteroatoms. The predicted octanol–water partition coefficient (Wildman–Crippen LogP) is 1.88. The first kappa shape index (κ1) is 15.2. The minimum absolute atomic E-state index is 0.162. The normalized spacial score (nSPS) is 12.9. The second-order valence-corrected chi connectivity index (χ2v) is 5.44. The largest absolute Gasteiger partial charge is 0.444 e. The van der Waals surface area contributed by atoms with E-state index in [1.807, 2.05) is 20.0 Å². The molecule has 0 radical (unpaired) electrons. The summed E-state index contributed by atoms with van der Waals surface area (Å²) in [4.78, 5) is 22.4. The number of hydrogen-bond donors (Lipinski definition) is 1. The zero-order valence-electron chi connectivity index (χ0n) is 12.1. The Kier molecular flexibility index (Phi) is 4.69. The first-order valence-corrected chi connectivity index (χ1v) is 6.16. The molecule has 0 bridgehead atoms. The Hall–Kier alpha value is -1.85. The Morgan fingerprint density at radius 3 is 2.63 bits per heavy atom. The third-order valence-electron chi connectivity index (χ3n) is 2.51. The van der Waals surface area contributed by atoms with Crippen molar-refractivity contribution in [2.24, 2.45) is 7.05 Å². The highest BCUT2D eigenvalue weighted by Crippen LogP contribution is 2.16. The summed E-state index contributed by atoms with van der Waals surface area (Å²) in [6, 6.07) is 1.37. The topological polar surface area (TPSA) is 73.2 Å². The summed E-state index contributed by atoms with van der Waals surface area (Å²) in [5.41, 5.74) is 1.03. The Bertz CT molecular complexity index is 441. The summed E-state index contributed by atoms with van der Waals surface area (Å²) in [5.74, 6) is 0. The van der Waals surface area contributed by atoms with Crippen LogP contribution in [0.25, 0.3) is 0 Å². The zero-order chi connectivity index (χ0) is 14.6. The molecule has 0 saturated heterocycles. The lowest BCUT2D eigenvalue weighted by Crippen LogP contribution is -2.35. The average molecular weight is 267 g/mol. The van der Waals surface area contributed by atoms with Crippen LogP contribution in [0.2, 0.25) is 0 Å². The fraction of sp³-hybridized carbons (Fsp3) is 0.615. The Morgan fingerprint density at radius 1 is 1.58 bits per heavy atom. The maximum absolute atomic E-state index is 11.7. The molecule has 106 valence electrons. The van der Waals surface area contributed by atoms with Crippen molar-refractivity contribution >= 4 is 12.4 Å². The van der Waals surface area contributed by atoms with Crippen LogP contribution in [-0.4, -0.2) is 27.8 Å². The van der Waals surface area contributed by atoms with Gasteiger partial charge in [0.15, 0.2) is 0 Å². The van der Waals surface area contributed by atoms with Crippen molar-refractivity contribution < 1.29 is 14.3 Å². The van der Waals surface area contributed by atoms with Gasteiger partial charge in [-0.3, -0.25) is 4.68 Å². The molecule has 6 nitrogen and oxygen atoms in total. The van der Waals surface area contributed by atoms with Gasteiger partial charge in [-0.05, 0) is 33.8 Å². The van der Waals surface area contributed by atoms with Gasteiger partial charge in [0.05, 0.1) is 11.7 Å². The quantitative estimate of drug-likeness (QED) is 0.845. The molecule has 1 aromatic heterocycles. The van der Waals surface area contributed by atoms with Crippen molar-refractivity contribution in [3.63, 3.8) is 0 Å². The molecule has 1 rings (SSSR count). The molecular weight excluding hydrogens is 246 g/mol. The minimum Gasteiger partial charge on any atom is -0.444 e. The molecule has 0 fully saturated rings. The summed E-state index contributed by atoms with van der Waals surface area (Å²) < 4.78 is 6.87. The van der Waals surface area contributed by atoms with Gasteiger partial charge in [0.25, 0.3) is 0 Å². The molecule has 0 aliphatic heterocycles. The van der Waals surface area contributed by atoms with E-state index in [-0.39, 0.29) is 6.42 Å². The van der Waals surface area contributed by atoms with Gasteiger partial charge in [0.2, 0.25) is 0 Å². The number of aryl methyl sites for hydroxylation is 2. The Morgan fingerprint density at radius 2 is 2.21 bits per heavy atom. The van der Waals surface area contributed by atoms with Crippen LogP contribution in [0.4, 0.5) is 4.79 Å². The third-order valence-corrected chi connectivity index (χ3v) is 2.51. The molecule has 0 saturated carbocycles. The third kappa shape index (κ3) is 4.73. The van der Waals surface area contributed by atoms with Crippen molar-refractivity contribution in [2.75, 3.05) is 0 Å². The van der Waals surface area contributed by atoms with Crippen LogP contribution in [-0.2, 0) is 16.6 Å². The molecule has 1 heterocycles. The van der Waals surface area contributed by atoms with Gasteiger partial charge in [-0.25, -0.2) is 4.79 Å². The maximum atomic E-state index is 11.7. The second kappa shape index (κ2) is 5.86. The molecule has 0 spiro atoms. The number of carbonyl (C=O) groups is 2. The number of aldehydes is 1. The lowest BCUT2D eigenvalue weighted by molar-refractivity contribution is -0.108. The van der Waals surface area contributed by atoms with Gasteiger partial charge in [0.1, 0.15) is 11.9 Å². The van der Waals surface area contributed by atoms with E-state index in [0.717, 1.165) is 12.0 Å². The van der Waals surface area contributed by atoms with E-state index in [0.29, 0.717) is 5.69 Å². The van der Waals surface area contributed by atoms with Crippen LogP contribution in [0, 0.1) is 6.92 Å². The highest BCUT2D eigenvalue weighted by atomic mass is 16.6. The van der Waals surface area contributed by atoms with E-state index in [9.17, 15) is 9.59 Å². The van der Waals surface area contributed by atoms with Gasteiger partial charge in [0, 0.05) is 19.2 Å². The van der Waals surface area contributed by atoms with Crippen LogP contribution in [0.1, 0.15) is 44.6 Å². The second-order valence-electron chi connectivity index (χ2n) is 5.44.